The fraction of sp³-hybridized carbons (Fsp3) is 0.400. The third-order valence-corrected chi connectivity index (χ3v) is 5.94. The zero-order valence-electron chi connectivity index (χ0n) is 16.3. The molecule has 154 valence electrons. The number of anilines is 1. The number of hydrogen-bond donors (Lipinski definition) is 2. The number of aromatic nitrogens is 2. The van der Waals surface area contributed by atoms with Crippen LogP contribution in [-0.4, -0.2) is 49.3 Å². The standard InChI is InChI=1S/C20H24N4O3S2/c1-2-3-4-6-11-24-19(27)15(29-20(24)28)13-14-17(21-9-12-25)22-16-8-5-7-10-23(16)18(14)26/h5,7-8,10,13,21,25H,2-4,6,9,11-12H2,1H3. The number of nitrogens with zero attached hydrogens (tertiary/aromatic N) is 3. The molecule has 3 heterocycles. The maximum absolute atomic E-state index is 13.0. The van der Waals surface area contributed by atoms with Crippen LogP contribution >= 0.6 is 24.0 Å². The summed E-state index contributed by atoms with van der Waals surface area (Å²) >= 11 is 6.58. The number of unbranched alkanes of at least 4 members (excludes halogenated alkanes) is 3. The van der Waals surface area contributed by atoms with Gasteiger partial charge in [-0.3, -0.25) is 18.9 Å². The van der Waals surface area contributed by atoms with E-state index >= 15 is 0 Å². The molecule has 0 unspecified atom stereocenters. The largest absolute Gasteiger partial charge is 0.395 e. The minimum atomic E-state index is -0.288. The molecule has 0 atom stereocenters. The Morgan fingerprint density at radius 3 is 2.86 bits per heavy atom. The highest BCUT2D eigenvalue weighted by Gasteiger charge is 2.32. The topological polar surface area (TPSA) is 86.9 Å². The van der Waals surface area contributed by atoms with Crippen molar-refractivity contribution in [2.75, 3.05) is 25.0 Å². The van der Waals surface area contributed by atoms with Gasteiger partial charge in [-0.2, -0.15) is 0 Å². The number of thioether (sulfide) groups is 1. The van der Waals surface area contributed by atoms with Gasteiger partial charge < -0.3 is 10.4 Å². The van der Waals surface area contributed by atoms with Crippen LogP contribution in [0, 0.1) is 0 Å². The van der Waals surface area contributed by atoms with E-state index in [1.807, 2.05) is 0 Å². The molecule has 3 rings (SSSR count). The monoisotopic (exact) mass is 432 g/mol. The van der Waals surface area contributed by atoms with Crippen LogP contribution in [0.5, 0.6) is 0 Å². The van der Waals surface area contributed by atoms with Gasteiger partial charge in [-0.1, -0.05) is 56.2 Å². The Hall–Kier alpha value is -2.23. The normalized spacial score (nSPS) is 15.7. The summed E-state index contributed by atoms with van der Waals surface area (Å²) in [5.41, 5.74) is 0.469. The van der Waals surface area contributed by atoms with E-state index in [1.54, 1.807) is 35.4 Å². The maximum atomic E-state index is 13.0. The van der Waals surface area contributed by atoms with Crippen molar-refractivity contribution in [3.63, 3.8) is 0 Å². The van der Waals surface area contributed by atoms with Gasteiger partial charge in [-0.15, -0.1) is 0 Å². The van der Waals surface area contributed by atoms with Crippen molar-refractivity contribution in [1.29, 1.82) is 0 Å². The van der Waals surface area contributed by atoms with E-state index in [2.05, 4.69) is 17.2 Å². The lowest BCUT2D eigenvalue weighted by Crippen LogP contribution is -2.29. The molecule has 2 N–H and O–H groups in total. The first-order chi connectivity index (χ1) is 14.1. The quantitative estimate of drug-likeness (QED) is 0.358. The fourth-order valence-corrected chi connectivity index (χ4v) is 4.35. The molecule has 1 saturated heterocycles. The SMILES string of the molecule is CCCCCCN1C(=O)C(=Cc2c(NCCO)nc3ccccn3c2=O)SC1=S. The molecule has 7 nitrogen and oxygen atoms in total. The van der Waals surface area contributed by atoms with Crippen molar-refractivity contribution >= 4 is 51.7 Å². The summed E-state index contributed by atoms with van der Waals surface area (Å²) in [4.78, 5) is 32.4. The third kappa shape index (κ3) is 4.85. The fourth-order valence-electron chi connectivity index (χ4n) is 3.06. The van der Waals surface area contributed by atoms with Gasteiger partial charge in [0, 0.05) is 19.3 Å². The zero-order valence-corrected chi connectivity index (χ0v) is 17.9. The van der Waals surface area contributed by atoms with Gasteiger partial charge in [0.15, 0.2) is 0 Å². The van der Waals surface area contributed by atoms with Crippen LogP contribution in [0.25, 0.3) is 11.7 Å². The van der Waals surface area contributed by atoms with Crippen molar-refractivity contribution in [2.24, 2.45) is 0 Å². The smallest absolute Gasteiger partial charge is 0.267 e. The minimum Gasteiger partial charge on any atom is -0.395 e. The molecular weight excluding hydrogens is 408 g/mol. The number of pyridine rings is 1. The maximum Gasteiger partial charge on any atom is 0.267 e. The molecule has 0 bridgehead atoms. The van der Waals surface area contributed by atoms with Crippen LogP contribution in [-0.2, 0) is 4.79 Å². The van der Waals surface area contributed by atoms with Crippen LogP contribution < -0.4 is 10.9 Å². The van der Waals surface area contributed by atoms with Crippen LogP contribution in [0.3, 0.4) is 0 Å². The average molecular weight is 433 g/mol. The molecule has 2 aromatic rings. The second-order valence-corrected chi connectivity index (χ2v) is 8.33. The Balaban J connectivity index is 1.94. The third-order valence-electron chi connectivity index (χ3n) is 4.56. The van der Waals surface area contributed by atoms with E-state index in [0.29, 0.717) is 27.2 Å². The summed E-state index contributed by atoms with van der Waals surface area (Å²) in [5.74, 6) is 0.158. The Morgan fingerprint density at radius 1 is 1.28 bits per heavy atom. The predicted molar refractivity (Wildman–Crippen MR) is 121 cm³/mol. The summed E-state index contributed by atoms with van der Waals surface area (Å²) < 4.78 is 1.94. The summed E-state index contributed by atoms with van der Waals surface area (Å²) in [5, 5.41) is 12.1. The highest BCUT2D eigenvalue weighted by molar-refractivity contribution is 8.26. The molecular formula is C20H24N4O3S2. The molecule has 0 saturated carbocycles. The summed E-state index contributed by atoms with van der Waals surface area (Å²) in [7, 11) is 0. The number of aliphatic hydroxyl groups is 1. The highest BCUT2D eigenvalue weighted by atomic mass is 32.2. The number of carbonyl (C=O) groups is 1. The van der Waals surface area contributed by atoms with Crippen molar-refractivity contribution in [3.05, 3.63) is 45.2 Å². The summed E-state index contributed by atoms with van der Waals surface area (Å²) in [6, 6.07) is 5.27. The molecule has 0 spiro atoms. The molecule has 1 fully saturated rings. The van der Waals surface area contributed by atoms with E-state index < -0.39 is 0 Å². The van der Waals surface area contributed by atoms with E-state index in [0.717, 1.165) is 25.7 Å². The number of thiocarbonyl (C=S) groups is 1. The number of aliphatic hydroxyl groups excluding tert-OH is 1. The number of carbonyl (C=O) groups excluding carboxylic acids is 1. The lowest BCUT2D eigenvalue weighted by Gasteiger charge is -2.14. The highest BCUT2D eigenvalue weighted by Crippen LogP contribution is 2.33. The van der Waals surface area contributed by atoms with Crippen LogP contribution in [0.15, 0.2) is 34.1 Å². The van der Waals surface area contributed by atoms with Gasteiger partial charge in [-0.05, 0) is 24.6 Å². The molecule has 29 heavy (non-hydrogen) atoms. The van der Waals surface area contributed by atoms with Gasteiger partial charge >= 0.3 is 0 Å². The van der Waals surface area contributed by atoms with Gasteiger partial charge in [0.2, 0.25) is 0 Å². The number of nitrogens with one attached hydrogen (secondary N) is 1. The van der Waals surface area contributed by atoms with E-state index in [1.165, 1.54) is 16.2 Å². The van der Waals surface area contributed by atoms with Crippen molar-refractivity contribution < 1.29 is 9.90 Å². The summed E-state index contributed by atoms with van der Waals surface area (Å²) in [6.07, 6.45) is 7.40. The minimum absolute atomic E-state index is 0.102. The van der Waals surface area contributed by atoms with Crippen LogP contribution in [0.2, 0.25) is 0 Å². The number of hydrogen-bond acceptors (Lipinski definition) is 7. The van der Waals surface area contributed by atoms with Crippen molar-refractivity contribution in [1.82, 2.24) is 14.3 Å². The molecule has 2 aromatic heterocycles. The Labute approximate surface area is 178 Å². The predicted octanol–water partition coefficient (Wildman–Crippen LogP) is 2.88. The lowest BCUT2D eigenvalue weighted by molar-refractivity contribution is -0.122. The molecule has 0 radical (unpaired) electrons. The van der Waals surface area contributed by atoms with E-state index in [9.17, 15) is 9.59 Å². The first-order valence-electron chi connectivity index (χ1n) is 9.68. The number of amides is 1. The second kappa shape index (κ2) is 10.00. The zero-order chi connectivity index (χ0) is 20.8. The first kappa shape index (κ1) is 21.5. The number of fused-ring (bicyclic) bond motifs is 1. The average Bonchev–Trinajstić information content (AvgIpc) is 2.99. The second-order valence-electron chi connectivity index (χ2n) is 6.65. The van der Waals surface area contributed by atoms with Gasteiger partial charge in [0.1, 0.15) is 15.8 Å². The summed E-state index contributed by atoms with van der Waals surface area (Å²) in [6.45, 7) is 2.87. The Bertz CT molecular complexity index is 1000. The molecule has 0 aromatic carbocycles. The molecule has 1 amide bonds. The van der Waals surface area contributed by atoms with Crippen molar-refractivity contribution in [2.45, 2.75) is 32.6 Å². The molecule has 9 heteroatoms. The van der Waals surface area contributed by atoms with E-state index in [-0.39, 0.29) is 30.2 Å². The first-order valence-corrected chi connectivity index (χ1v) is 10.9. The van der Waals surface area contributed by atoms with Gasteiger partial charge in [0.05, 0.1) is 17.1 Å². The van der Waals surface area contributed by atoms with Crippen LogP contribution in [0.1, 0.15) is 38.2 Å². The Kier molecular flexibility index (Phi) is 7.40. The van der Waals surface area contributed by atoms with Crippen molar-refractivity contribution in [3.8, 4) is 0 Å². The van der Waals surface area contributed by atoms with Crippen LogP contribution in [0.4, 0.5) is 5.82 Å². The molecule has 0 aliphatic carbocycles. The Morgan fingerprint density at radius 2 is 2.10 bits per heavy atom. The number of rotatable bonds is 9. The van der Waals surface area contributed by atoms with E-state index in [4.69, 9.17) is 17.3 Å². The van der Waals surface area contributed by atoms with Gasteiger partial charge in [-0.25, -0.2) is 4.98 Å². The lowest BCUT2D eigenvalue weighted by atomic mass is 10.2. The molecule has 1 aliphatic heterocycles. The van der Waals surface area contributed by atoms with Gasteiger partial charge in [0.25, 0.3) is 11.5 Å². The molecule has 1 aliphatic rings.